The summed E-state index contributed by atoms with van der Waals surface area (Å²) in [4.78, 5) is 9.13. The molecule has 0 aromatic carbocycles. The van der Waals surface area contributed by atoms with Gasteiger partial charge in [-0.15, -0.1) is 4.39 Å². The van der Waals surface area contributed by atoms with Crippen LogP contribution in [0.5, 0.6) is 0 Å². The van der Waals surface area contributed by atoms with Gasteiger partial charge >= 0.3 is 6.22 Å². The van der Waals surface area contributed by atoms with E-state index in [4.69, 9.17) is 4.79 Å². The minimum absolute atomic E-state index is 0.685. The Labute approximate surface area is 38.9 Å². The summed E-state index contributed by atoms with van der Waals surface area (Å²) in [5, 5.41) is 0. The molecule has 0 rings (SSSR count). The molecule has 0 saturated heterocycles. The van der Waals surface area contributed by atoms with Crippen LogP contribution in [-0.2, 0) is 4.18 Å². The summed E-state index contributed by atoms with van der Waals surface area (Å²) in [5.74, 6) is 0. The topological polar surface area (TPSA) is 26.3 Å². The van der Waals surface area contributed by atoms with Gasteiger partial charge in [0, 0.05) is 6.26 Å². The third kappa shape index (κ3) is 3.75. The summed E-state index contributed by atoms with van der Waals surface area (Å²) in [6.45, 7) is 0. The van der Waals surface area contributed by atoms with E-state index in [1.807, 2.05) is 0 Å². The zero-order valence-electron chi connectivity index (χ0n) is 3.10. The molecular formula is C2H3FO2S. The maximum atomic E-state index is 10.8. The summed E-state index contributed by atoms with van der Waals surface area (Å²) in [6, 6.07) is 0. The molecule has 0 fully saturated rings. The normalized spacial score (nSPS) is 7.67. The van der Waals surface area contributed by atoms with Crippen LogP contribution in [0.4, 0.5) is 9.18 Å². The van der Waals surface area contributed by atoms with E-state index in [0.717, 1.165) is 0 Å². The standard InChI is InChI=1S/C2H3FO2S/c1-6-5-2(3)4/h1H3. The summed E-state index contributed by atoms with van der Waals surface area (Å²) in [5.41, 5.74) is 0. The van der Waals surface area contributed by atoms with E-state index in [1.165, 1.54) is 6.26 Å². The molecule has 0 aliphatic carbocycles. The van der Waals surface area contributed by atoms with Gasteiger partial charge in [-0.3, -0.25) is 0 Å². The van der Waals surface area contributed by atoms with Crippen LogP contribution in [0.2, 0.25) is 0 Å². The predicted octanol–water partition coefficient (Wildman–Crippen LogP) is 1.37. The van der Waals surface area contributed by atoms with Crippen molar-refractivity contribution in [2.45, 2.75) is 0 Å². The highest BCUT2D eigenvalue weighted by Gasteiger charge is 1.90. The second kappa shape index (κ2) is 2.96. The third-order valence-corrected chi connectivity index (χ3v) is 0.447. The molecule has 0 amide bonds. The van der Waals surface area contributed by atoms with Gasteiger partial charge in [0.2, 0.25) is 0 Å². The Kier molecular flexibility index (Phi) is 2.84. The van der Waals surface area contributed by atoms with Crippen LogP contribution in [0.3, 0.4) is 0 Å². The lowest BCUT2D eigenvalue weighted by molar-refractivity contribution is 0.184. The highest BCUT2D eigenvalue weighted by molar-refractivity contribution is 7.94. The number of halogens is 1. The van der Waals surface area contributed by atoms with Gasteiger partial charge in [0.25, 0.3) is 0 Å². The van der Waals surface area contributed by atoms with Crippen molar-refractivity contribution in [2.24, 2.45) is 0 Å². The Hall–Kier alpha value is -0.250. The fraction of sp³-hybridized carbons (Fsp3) is 0.500. The first kappa shape index (κ1) is 5.75. The van der Waals surface area contributed by atoms with Crippen LogP contribution >= 0.6 is 12.0 Å². The number of rotatable bonds is 1. The van der Waals surface area contributed by atoms with Crippen LogP contribution in [0.1, 0.15) is 0 Å². The van der Waals surface area contributed by atoms with E-state index in [9.17, 15) is 4.39 Å². The van der Waals surface area contributed by atoms with Crippen LogP contribution in [0.25, 0.3) is 0 Å². The highest BCUT2D eigenvalue weighted by atomic mass is 32.2. The van der Waals surface area contributed by atoms with Gasteiger partial charge in [-0.1, -0.05) is 0 Å². The van der Waals surface area contributed by atoms with Gasteiger partial charge in [-0.25, -0.2) is 4.79 Å². The van der Waals surface area contributed by atoms with Gasteiger partial charge in [0.15, 0.2) is 0 Å². The summed E-state index contributed by atoms with van der Waals surface area (Å²) < 4.78 is 14.5. The lowest BCUT2D eigenvalue weighted by Crippen LogP contribution is -1.80. The largest absolute Gasteiger partial charge is 0.507 e. The molecule has 6 heavy (non-hydrogen) atoms. The van der Waals surface area contributed by atoms with E-state index in [0.29, 0.717) is 12.0 Å². The first-order valence-electron chi connectivity index (χ1n) is 1.17. The molecule has 0 bridgehead atoms. The third-order valence-electron chi connectivity index (χ3n) is 0.149. The zero-order chi connectivity index (χ0) is 4.99. The van der Waals surface area contributed by atoms with E-state index in [2.05, 4.69) is 4.18 Å². The van der Waals surface area contributed by atoms with Crippen molar-refractivity contribution in [1.29, 1.82) is 0 Å². The molecule has 0 atom stereocenters. The van der Waals surface area contributed by atoms with Crippen molar-refractivity contribution in [3.05, 3.63) is 0 Å². The minimum Gasteiger partial charge on any atom is -0.366 e. The Balaban J connectivity index is 2.83. The highest BCUT2D eigenvalue weighted by Crippen LogP contribution is 1.95. The van der Waals surface area contributed by atoms with Crippen molar-refractivity contribution < 1.29 is 13.4 Å². The van der Waals surface area contributed by atoms with E-state index in [1.54, 1.807) is 0 Å². The molecule has 0 unspecified atom stereocenters. The molecule has 2 nitrogen and oxygen atoms in total. The first-order valence-corrected chi connectivity index (χ1v) is 2.32. The summed E-state index contributed by atoms with van der Waals surface area (Å²) in [6.07, 6.45) is -0.292. The molecule has 0 aliphatic rings. The van der Waals surface area contributed by atoms with E-state index >= 15 is 0 Å². The fourth-order valence-corrected chi connectivity index (χ4v) is 0.197. The predicted molar refractivity (Wildman–Crippen MR) is 21.1 cm³/mol. The van der Waals surface area contributed by atoms with Crippen molar-refractivity contribution >= 4 is 18.3 Å². The zero-order valence-corrected chi connectivity index (χ0v) is 3.92. The number of hydrogen-bond donors (Lipinski definition) is 0. The molecule has 0 aliphatic heterocycles. The van der Waals surface area contributed by atoms with Gasteiger partial charge < -0.3 is 4.18 Å². The Morgan fingerprint density at radius 2 is 2.50 bits per heavy atom. The van der Waals surface area contributed by atoms with Crippen molar-refractivity contribution in [3.8, 4) is 0 Å². The lowest BCUT2D eigenvalue weighted by atomic mass is 11.5. The molecule has 0 spiro atoms. The quantitative estimate of drug-likeness (QED) is 0.376. The first-order chi connectivity index (χ1) is 2.77. The van der Waals surface area contributed by atoms with Crippen LogP contribution in [-0.4, -0.2) is 12.5 Å². The van der Waals surface area contributed by atoms with Crippen molar-refractivity contribution in [2.75, 3.05) is 6.26 Å². The molecule has 0 aromatic rings. The summed E-state index contributed by atoms with van der Waals surface area (Å²) in [7, 11) is 0. The molecule has 36 valence electrons. The van der Waals surface area contributed by atoms with Gasteiger partial charge in [0.05, 0.1) is 12.0 Å². The Morgan fingerprint density at radius 3 is 2.50 bits per heavy atom. The van der Waals surface area contributed by atoms with Crippen molar-refractivity contribution in [3.63, 3.8) is 0 Å². The maximum absolute atomic E-state index is 10.8. The molecule has 0 saturated carbocycles. The molecule has 4 heteroatoms. The van der Waals surface area contributed by atoms with E-state index < -0.39 is 6.22 Å². The number of carbonyl (C=O) groups excluding carboxylic acids is 1. The molecular weight excluding hydrogens is 107 g/mol. The average Bonchev–Trinajstić information content (AvgIpc) is 1.35. The number of hydrogen-bond acceptors (Lipinski definition) is 3. The Morgan fingerprint density at radius 1 is 2.00 bits per heavy atom. The van der Waals surface area contributed by atoms with Crippen LogP contribution in [0, 0.1) is 0 Å². The molecule has 0 radical (unpaired) electrons. The monoisotopic (exact) mass is 110 g/mol. The van der Waals surface area contributed by atoms with Crippen LogP contribution in [0.15, 0.2) is 0 Å². The van der Waals surface area contributed by atoms with Gasteiger partial charge in [0.1, 0.15) is 0 Å². The number of carbonyl (C=O) groups is 1. The SMILES string of the molecule is CSOC(=O)F. The van der Waals surface area contributed by atoms with E-state index in [-0.39, 0.29) is 0 Å². The molecule has 0 aromatic heterocycles. The van der Waals surface area contributed by atoms with Gasteiger partial charge in [-0.05, 0) is 0 Å². The fourth-order valence-electron chi connectivity index (χ4n) is 0.0655. The maximum Gasteiger partial charge on any atom is 0.507 e. The molecule has 0 heterocycles. The second-order valence-corrected chi connectivity index (χ2v) is 0.988. The van der Waals surface area contributed by atoms with Crippen molar-refractivity contribution in [1.82, 2.24) is 0 Å². The Bertz CT molecular complexity index is 55.5. The molecule has 0 N–H and O–H groups in total. The minimum atomic E-state index is -1.75. The average molecular weight is 110 g/mol. The second-order valence-electron chi connectivity index (χ2n) is 0.488. The van der Waals surface area contributed by atoms with Crippen LogP contribution < -0.4 is 0 Å². The summed E-state index contributed by atoms with van der Waals surface area (Å²) >= 11 is 0.685. The van der Waals surface area contributed by atoms with Gasteiger partial charge in [-0.2, -0.15) is 0 Å². The smallest absolute Gasteiger partial charge is 0.366 e. The lowest BCUT2D eigenvalue weighted by Gasteiger charge is -1.82.